The standard InChI is InChI=1S/C19H24N2O3S/c1-14-7-9-15(10-8-14)19-21-16(13-25-19)12-17(22)20-11-5-3-2-4-6-18(23)24/h7-10,13H,2-6,11-12H2,1H3,(H,20,22)(H,23,24). The van der Waals surface area contributed by atoms with Crippen molar-refractivity contribution in [3.05, 3.63) is 40.9 Å². The van der Waals surface area contributed by atoms with E-state index in [2.05, 4.69) is 22.4 Å². The van der Waals surface area contributed by atoms with Crippen LogP contribution in [0.15, 0.2) is 29.6 Å². The van der Waals surface area contributed by atoms with Gasteiger partial charge in [-0.2, -0.15) is 0 Å². The van der Waals surface area contributed by atoms with Gasteiger partial charge in [-0.25, -0.2) is 4.98 Å². The largest absolute Gasteiger partial charge is 0.481 e. The first-order valence-electron chi connectivity index (χ1n) is 8.54. The molecule has 5 nitrogen and oxygen atoms in total. The molecule has 25 heavy (non-hydrogen) atoms. The van der Waals surface area contributed by atoms with E-state index in [0.717, 1.165) is 35.5 Å². The summed E-state index contributed by atoms with van der Waals surface area (Å²) >= 11 is 1.55. The zero-order valence-corrected chi connectivity index (χ0v) is 15.3. The fraction of sp³-hybridized carbons (Fsp3) is 0.421. The van der Waals surface area contributed by atoms with Gasteiger partial charge in [0, 0.05) is 23.9 Å². The maximum absolute atomic E-state index is 12.0. The number of carboxylic acid groups (broad SMARTS) is 1. The lowest BCUT2D eigenvalue weighted by molar-refractivity contribution is -0.137. The lowest BCUT2D eigenvalue weighted by Gasteiger charge is -2.04. The minimum atomic E-state index is -0.749. The maximum atomic E-state index is 12.0. The molecule has 0 aliphatic rings. The number of hydrogen-bond acceptors (Lipinski definition) is 4. The van der Waals surface area contributed by atoms with Crippen LogP contribution in [0.4, 0.5) is 0 Å². The van der Waals surface area contributed by atoms with E-state index in [1.807, 2.05) is 24.4 Å². The van der Waals surface area contributed by atoms with E-state index in [4.69, 9.17) is 5.11 Å². The molecule has 134 valence electrons. The Balaban J connectivity index is 1.67. The number of nitrogens with one attached hydrogen (secondary N) is 1. The van der Waals surface area contributed by atoms with Gasteiger partial charge in [-0.3, -0.25) is 9.59 Å². The third kappa shape index (κ3) is 7.05. The minimum absolute atomic E-state index is 0.0220. The summed E-state index contributed by atoms with van der Waals surface area (Å²) < 4.78 is 0. The van der Waals surface area contributed by atoms with Crippen molar-refractivity contribution < 1.29 is 14.7 Å². The van der Waals surface area contributed by atoms with Gasteiger partial charge in [-0.05, 0) is 19.8 Å². The quantitative estimate of drug-likeness (QED) is 0.632. The Morgan fingerprint density at radius 3 is 2.56 bits per heavy atom. The molecule has 0 saturated heterocycles. The number of hydrogen-bond donors (Lipinski definition) is 2. The lowest BCUT2D eigenvalue weighted by atomic mass is 10.1. The van der Waals surface area contributed by atoms with Gasteiger partial charge < -0.3 is 10.4 Å². The first kappa shape index (κ1) is 19.1. The second-order valence-electron chi connectivity index (χ2n) is 6.09. The van der Waals surface area contributed by atoms with Crippen molar-refractivity contribution >= 4 is 23.2 Å². The van der Waals surface area contributed by atoms with Gasteiger partial charge in [-0.15, -0.1) is 11.3 Å². The number of carboxylic acids is 1. The average Bonchev–Trinajstić information content (AvgIpc) is 3.02. The molecule has 0 atom stereocenters. The molecule has 0 unspecified atom stereocenters. The Bertz CT molecular complexity index is 695. The number of rotatable bonds is 10. The molecule has 1 heterocycles. The summed E-state index contributed by atoms with van der Waals surface area (Å²) in [5, 5.41) is 14.3. The second-order valence-corrected chi connectivity index (χ2v) is 6.95. The highest BCUT2D eigenvalue weighted by atomic mass is 32.1. The normalized spacial score (nSPS) is 10.6. The molecular formula is C19H24N2O3S. The molecule has 2 N–H and O–H groups in total. The van der Waals surface area contributed by atoms with Crippen LogP contribution in [0.3, 0.4) is 0 Å². The van der Waals surface area contributed by atoms with Gasteiger partial charge in [0.25, 0.3) is 0 Å². The zero-order valence-electron chi connectivity index (χ0n) is 14.5. The van der Waals surface area contributed by atoms with Crippen LogP contribution in [0, 0.1) is 6.92 Å². The van der Waals surface area contributed by atoms with Crippen LogP contribution >= 0.6 is 11.3 Å². The van der Waals surface area contributed by atoms with Gasteiger partial charge in [-0.1, -0.05) is 42.7 Å². The number of thiazole rings is 1. The number of aryl methyl sites for hydroxylation is 1. The fourth-order valence-corrected chi connectivity index (χ4v) is 3.25. The number of amides is 1. The highest BCUT2D eigenvalue weighted by Crippen LogP contribution is 2.24. The number of benzene rings is 1. The lowest BCUT2D eigenvalue weighted by Crippen LogP contribution is -2.26. The minimum Gasteiger partial charge on any atom is -0.481 e. The van der Waals surface area contributed by atoms with Crippen molar-refractivity contribution in [2.75, 3.05) is 6.54 Å². The van der Waals surface area contributed by atoms with Gasteiger partial charge in [0.05, 0.1) is 12.1 Å². The molecule has 0 saturated carbocycles. The van der Waals surface area contributed by atoms with E-state index < -0.39 is 5.97 Å². The fourth-order valence-electron chi connectivity index (χ4n) is 2.43. The predicted molar refractivity (Wildman–Crippen MR) is 99.7 cm³/mol. The van der Waals surface area contributed by atoms with E-state index in [9.17, 15) is 9.59 Å². The van der Waals surface area contributed by atoms with Crippen molar-refractivity contribution in [3.63, 3.8) is 0 Å². The Morgan fingerprint density at radius 2 is 1.84 bits per heavy atom. The molecule has 0 spiro atoms. The molecule has 1 amide bonds. The summed E-state index contributed by atoms with van der Waals surface area (Å²) in [5.41, 5.74) is 3.08. The highest BCUT2D eigenvalue weighted by Gasteiger charge is 2.08. The van der Waals surface area contributed by atoms with Crippen LogP contribution in [-0.4, -0.2) is 28.5 Å². The number of aliphatic carboxylic acids is 1. The first-order valence-corrected chi connectivity index (χ1v) is 9.42. The Morgan fingerprint density at radius 1 is 1.12 bits per heavy atom. The molecule has 0 aliphatic heterocycles. The number of aromatic nitrogens is 1. The number of carbonyl (C=O) groups is 2. The van der Waals surface area contributed by atoms with Gasteiger partial charge in [0.1, 0.15) is 5.01 Å². The molecule has 0 aliphatic carbocycles. The molecule has 0 bridgehead atoms. The van der Waals surface area contributed by atoms with Crippen molar-refractivity contribution in [3.8, 4) is 10.6 Å². The van der Waals surface area contributed by atoms with Crippen LogP contribution in [-0.2, 0) is 16.0 Å². The van der Waals surface area contributed by atoms with Crippen LogP contribution in [0.5, 0.6) is 0 Å². The SMILES string of the molecule is Cc1ccc(-c2nc(CC(=O)NCCCCCCC(=O)O)cs2)cc1. The smallest absolute Gasteiger partial charge is 0.303 e. The second kappa shape index (κ2) is 9.93. The van der Waals surface area contributed by atoms with Crippen LogP contribution in [0.25, 0.3) is 10.6 Å². The molecule has 0 radical (unpaired) electrons. The molecule has 1 aromatic heterocycles. The molecular weight excluding hydrogens is 336 g/mol. The molecule has 1 aromatic carbocycles. The number of unbranched alkanes of at least 4 members (excludes halogenated alkanes) is 3. The Labute approximate surface area is 152 Å². The molecule has 2 rings (SSSR count). The van der Waals surface area contributed by atoms with E-state index >= 15 is 0 Å². The molecule has 6 heteroatoms. The van der Waals surface area contributed by atoms with Crippen LogP contribution < -0.4 is 5.32 Å². The Hall–Kier alpha value is -2.21. The van der Waals surface area contributed by atoms with Gasteiger partial charge in [0.2, 0.25) is 5.91 Å². The van der Waals surface area contributed by atoms with Gasteiger partial charge >= 0.3 is 5.97 Å². The van der Waals surface area contributed by atoms with Crippen molar-refractivity contribution in [2.45, 2.75) is 45.4 Å². The van der Waals surface area contributed by atoms with Crippen LogP contribution in [0.2, 0.25) is 0 Å². The monoisotopic (exact) mass is 360 g/mol. The third-order valence-corrected chi connectivity index (χ3v) is 4.77. The van der Waals surface area contributed by atoms with E-state index in [1.165, 1.54) is 5.56 Å². The summed E-state index contributed by atoms with van der Waals surface area (Å²) in [6, 6.07) is 8.20. The van der Waals surface area contributed by atoms with Gasteiger partial charge in [0.15, 0.2) is 0 Å². The number of carbonyl (C=O) groups excluding carboxylic acids is 1. The third-order valence-electron chi connectivity index (χ3n) is 3.83. The average molecular weight is 360 g/mol. The zero-order chi connectivity index (χ0) is 18.1. The topological polar surface area (TPSA) is 79.3 Å². The Kier molecular flexibility index (Phi) is 7.60. The first-order chi connectivity index (χ1) is 12.0. The van der Waals surface area contributed by atoms with Crippen molar-refractivity contribution in [2.24, 2.45) is 0 Å². The summed E-state index contributed by atoms with van der Waals surface area (Å²) in [7, 11) is 0. The predicted octanol–water partition coefficient (Wildman–Crippen LogP) is 3.81. The van der Waals surface area contributed by atoms with Crippen LogP contribution in [0.1, 0.15) is 43.4 Å². The summed E-state index contributed by atoms with van der Waals surface area (Å²) in [6.07, 6.45) is 3.90. The summed E-state index contributed by atoms with van der Waals surface area (Å²) in [6.45, 7) is 2.68. The number of nitrogens with zero attached hydrogens (tertiary/aromatic N) is 1. The summed E-state index contributed by atoms with van der Waals surface area (Å²) in [4.78, 5) is 26.9. The summed E-state index contributed by atoms with van der Waals surface area (Å²) in [5.74, 6) is -0.770. The van der Waals surface area contributed by atoms with E-state index in [0.29, 0.717) is 19.4 Å². The van der Waals surface area contributed by atoms with E-state index in [-0.39, 0.29) is 12.3 Å². The maximum Gasteiger partial charge on any atom is 0.303 e. The highest BCUT2D eigenvalue weighted by molar-refractivity contribution is 7.13. The van der Waals surface area contributed by atoms with Crippen molar-refractivity contribution in [1.29, 1.82) is 0 Å². The molecule has 0 fully saturated rings. The molecule has 2 aromatic rings. The van der Waals surface area contributed by atoms with E-state index in [1.54, 1.807) is 11.3 Å². The van der Waals surface area contributed by atoms with Crippen molar-refractivity contribution in [1.82, 2.24) is 10.3 Å².